The number of ether oxygens (including phenoxy) is 1. The van der Waals surface area contributed by atoms with Crippen LogP contribution in [0.4, 0.5) is 4.39 Å². The molecule has 0 aromatic carbocycles. The van der Waals surface area contributed by atoms with Crippen LogP contribution in [-0.4, -0.2) is 23.3 Å². The third kappa shape index (κ3) is 1.47. The Hall–Kier alpha value is -0.520. The molecule has 1 aliphatic rings. The fraction of sp³-hybridized carbons (Fsp3) is 0.375. The van der Waals surface area contributed by atoms with Crippen LogP contribution in [0.25, 0.3) is 0 Å². The van der Waals surface area contributed by atoms with Crippen molar-refractivity contribution in [2.24, 2.45) is 0 Å². The summed E-state index contributed by atoms with van der Waals surface area (Å²) < 4.78 is 18.4. The van der Waals surface area contributed by atoms with E-state index in [1.54, 1.807) is 6.07 Å². The summed E-state index contributed by atoms with van der Waals surface area (Å²) in [7, 11) is 0. The molecule has 0 spiro atoms. The van der Waals surface area contributed by atoms with Gasteiger partial charge in [-0.05, 0) is 28.1 Å². The van der Waals surface area contributed by atoms with E-state index < -0.39 is 11.5 Å². The smallest absolute Gasteiger partial charge is 0.220 e. The molecule has 0 saturated carbocycles. The lowest BCUT2D eigenvalue weighted by atomic mass is 9.93. The van der Waals surface area contributed by atoms with Gasteiger partial charge in [0.1, 0.15) is 10.2 Å². The number of hydrogen-bond acceptors (Lipinski definition) is 3. The number of hydrogen-bond donors (Lipinski definition) is 1. The molecule has 0 atom stereocenters. The van der Waals surface area contributed by atoms with Crippen LogP contribution >= 0.6 is 15.9 Å². The van der Waals surface area contributed by atoms with E-state index in [0.717, 1.165) is 0 Å². The molecule has 1 saturated heterocycles. The van der Waals surface area contributed by atoms with Crippen molar-refractivity contribution >= 4 is 15.9 Å². The number of halogens is 2. The summed E-state index contributed by atoms with van der Waals surface area (Å²) in [5, 5.41) is 9.73. The molecule has 0 unspecified atom stereocenters. The van der Waals surface area contributed by atoms with E-state index >= 15 is 0 Å². The lowest BCUT2D eigenvalue weighted by Gasteiger charge is -2.36. The fourth-order valence-electron chi connectivity index (χ4n) is 1.21. The van der Waals surface area contributed by atoms with Crippen molar-refractivity contribution in [3.8, 4) is 0 Å². The fourth-order valence-corrected chi connectivity index (χ4v) is 1.50. The molecule has 5 heteroatoms. The average Bonchev–Trinajstić information content (AvgIpc) is 2.00. The topological polar surface area (TPSA) is 42.4 Å². The van der Waals surface area contributed by atoms with Crippen molar-refractivity contribution in [3.63, 3.8) is 0 Å². The first-order chi connectivity index (χ1) is 6.12. The van der Waals surface area contributed by atoms with Gasteiger partial charge in [-0.3, -0.25) is 0 Å². The number of nitrogens with zero attached hydrogens (tertiary/aromatic N) is 1. The van der Waals surface area contributed by atoms with Gasteiger partial charge in [-0.2, -0.15) is 4.39 Å². The highest BCUT2D eigenvalue weighted by atomic mass is 79.9. The highest BCUT2D eigenvalue weighted by Crippen LogP contribution is 2.30. The normalized spacial score (nSPS) is 19.6. The number of rotatable bonds is 1. The first-order valence-corrected chi connectivity index (χ1v) is 4.54. The van der Waals surface area contributed by atoms with E-state index in [-0.39, 0.29) is 18.8 Å². The lowest BCUT2D eigenvalue weighted by molar-refractivity contribution is -0.186. The number of aromatic nitrogens is 1. The van der Waals surface area contributed by atoms with Crippen molar-refractivity contribution < 1.29 is 14.2 Å². The molecule has 0 aliphatic carbocycles. The van der Waals surface area contributed by atoms with Gasteiger partial charge in [0.25, 0.3) is 0 Å². The molecule has 0 radical (unpaired) electrons. The van der Waals surface area contributed by atoms with Crippen molar-refractivity contribution in [3.05, 3.63) is 28.2 Å². The second-order valence-corrected chi connectivity index (χ2v) is 3.81. The molecule has 2 rings (SSSR count). The van der Waals surface area contributed by atoms with Gasteiger partial charge < -0.3 is 9.84 Å². The van der Waals surface area contributed by atoms with Gasteiger partial charge in [-0.1, -0.05) is 0 Å². The Morgan fingerprint density at radius 2 is 2.23 bits per heavy atom. The molecule has 2 heterocycles. The maximum absolute atomic E-state index is 13.2. The molecule has 1 fully saturated rings. The van der Waals surface area contributed by atoms with Crippen molar-refractivity contribution in [1.29, 1.82) is 0 Å². The second kappa shape index (κ2) is 3.01. The van der Waals surface area contributed by atoms with Crippen LogP contribution in [0.5, 0.6) is 0 Å². The van der Waals surface area contributed by atoms with Crippen LogP contribution in [0.3, 0.4) is 0 Å². The average molecular weight is 248 g/mol. The van der Waals surface area contributed by atoms with Gasteiger partial charge in [-0.25, -0.2) is 4.98 Å². The molecule has 1 aromatic heterocycles. The Bertz CT molecular complexity index is 341. The summed E-state index contributed by atoms with van der Waals surface area (Å²) in [4.78, 5) is 3.56. The summed E-state index contributed by atoms with van der Waals surface area (Å²) in [6, 6.07) is 3.10. The van der Waals surface area contributed by atoms with E-state index in [1.165, 1.54) is 6.07 Å². The van der Waals surface area contributed by atoms with Gasteiger partial charge in [0.15, 0.2) is 0 Å². The van der Waals surface area contributed by atoms with Crippen molar-refractivity contribution in [2.45, 2.75) is 5.60 Å². The third-order valence-corrected chi connectivity index (χ3v) is 2.44. The highest BCUT2D eigenvalue weighted by Gasteiger charge is 2.40. The Morgan fingerprint density at radius 3 is 2.69 bits per heavy atom. The largest absolute Gasteiger partial charge is 0.380 e. The van der Waals surface area contributed by atoms with Crippen LogP contribution in [0, 0.1) is 5.95 Å². The molecule has 0 bridgehead atoms. The third-order valence-electron chi connectivity index (χ3n) is 2.00. The highest BCUT2D eigenvalue weighted by molar-refractivity contribution is 9.10. The first-order valence-electron chi connectivity index (χ1n) is 3.74. The first kappa shape index (κ1) is 9.05. The monoisotopic (exact) mass is 247 g/mol. The molecule has 1 aliphatic heterocycles. The van der Waals surface area contributed by atoms with Crippen LogP contribution < -0.4 is 0 Å². The summed E-state index contributed by atoms with van der Waals surface area (Å²) in [6.07, 6.45) is 0. The number of pyridine rings is 1. The zero-order valence-electron chi connectivity index (χ0n) is 6.63. The molecule has 70 valence electrons. The summed E-state index contributed by atoms with van der Waals surface area (Å²) >= 11 is 3.04. The second-order valence-electron chi connectivity index (χ2n) is 3.00. The van der Waals surface area contributed by atoms with Crippen LogP contribution in [0.1, 0.15) is 5.56 Å². The van der Waals surface area contributed by atoms with Crippen LogP contribution in [0.2, 0.25) is 0 Å². The van der Waals surface area contributed by atoms with Crippen LogP contribution in [0.15, 0.2) is 16.7 Å². The molecule has 0 amide bonds. The Kier molecular flexibility index (Phi) is 2.09. The minimum absolute atomic E-state index is 0.132. The van der Waals surface area contributed by atoms with Crippen molar-refractivity contribution in [1.82, 2.24) is 4.98 Å². The molecular weight excluding hydrogens is 241 g/mol. The summed E-state index contributed by atoms with van der Waals surface area (Å²) in [5.41, 5.74) is -0.987. The van der Waals surface area contributed by atoms with Gasteiger partial charge in [0, 0.05) is 5.56 Å². The molecule has 3 nitrogen and oxygen atoms in total. The molecule has 1 N–H and O–H groups in total. The molecule has 13 heavy (non-hydrogen) atoms. The standard InChI is InChI=1S/C8H7BrFNO2/c9-6-2-1-5(7(10)11-6)8(12)3-13-4-8/h1-2,12H,3-4H2. The molecule has 1 aromatic rings. The van der Waals surface area contributed by atoms with Crippen molar-refractivity contribution in [2.75, 3.05) is 13.2 Å². The zero-order chi connectivity index (χ0) is 9.47. The Morgan fingerprint density at radius 1 is 1.54 bits per heavy atom. The zero-order valence-corrected chi connectivity index (χ0v) is 8.21. The van der Waals surface area contributed by atoms with Gasteiger partial charge >= 0.3 is 0 Å². The van der Waals surface area contributed by atoms with Gasteiger partial charge in [0.2, 0.25) is 5.95 Å². The van der Waals surface area contributed by atoms with E-state index in [0.29, 0.717) is 4.60 Å². The van der Waals surface area contributed by atoms with E-state index in [4.69, 9.17) is 4.74 Å². The predicted octanol–water partition coefficient (Wildman–Crippen LogP) is 1.20. The predicted molar refractivity (Wildman–Crippen MR) is 46.6 cm³/mol. The molecular formula is C8H7BrFNO2. The van der Waals surface area contributed by atoms with E-state index in [9.17, 15) is 9.50 Å². The minimum atomic E-state index is -1.18. The quantitative estimate of drug-likeness (QED) is 0.759. The Balaban J connectivity index is 2.40. The van der Waals surface area contributed by atoms with Gasteiger partial charge in [-0.15, -0.1) is 0 Å². The minimum Gasteiger partial charge on any atom is -0.380 e. The van der Waals surface area contributed by atoms with E-state index in [1.807, 2.05) is 0 Å². The SMILES string of the molecule is OC1(c2ccc(Br)nc2F)COC1. The number of aliphatic hydroxyl groups is 1. The van der Waals surface area contributed by atoms with Crippen LogP contribution in [-0.2, 0) is 10.3 Å². The summed E-state index contributed by atoms with van der Waals surface area (Å²) in [6.45, 7) is 0.264. The maximum atomic E-state index is 13.2. The lowest BCUT2D eigenvalue weighted by Crippen LogP contribution is -2.47. The maximum Gasteiger partial charge on any atom is 0.220 e. The Labute approximate surface area is 82.7 Å². The van der Waals surface area contributed by atoms with E-state index in [2.05, 4.69) is 20.9 Å². The van der Waals surface area contributed by atoms with Gasteiger partial charge in [0.05, 0.1) is 13.2 Å². The summed E-state index contributed by atoms with van der Waals surface area (Å²) in [5.74, 6) is -0.653.